The number of hydrogen-bond donors (Lipinski definition) is 2. The molecule has 1 aromatic rings. The molecule has 1 heterocycles. The number of ether oxygens (including phenoxy) is 1. The molecule has 0 aliphatic heterocycles. The summed E-state index contributed by atoms with van der Waals surface area (Å²) in [4.78, 5) is 38.5. The fourth-order valence-electron chi connectivity index (χ4n) is 1.44. The van der Waals surface area contributed by atoms with Crippen molar-refractivity contribution in [1.29, 1.82) is 0 Å². The fourth-order valence-corrected chi connectivity index (χ4v) is 1.44. The Balaban J connectivity index is 2.34. The van der Waals surface area contributed by atoms with Gasteiger partial charge in [0, 0.05) is 12.7 Å². The number of carbonyl (C=O) groups excluding carboxylic acids is 3. The molecule has 1 atom stereocenters. The smallest absolute Gasteiger partial charge is 0.357 e. The number of nitrogens with one attached hydrogen (secondary N) is 2. The zero-order valence-electron chi connectivity index (χ0n) is 12.1. The first-order valence-corrected chi connectivity index (χ1v) is 6.69. The topological polar surface area (TPSA) is 97.4 Å². The van der Waals surface area contributed by atoms with Crippen molar-refractivity contribution in [3.05, 3.63) is 30.1 Å². The van der Waals surface area contributed by atoms with Gasteiger partial charge in [0.2, 0.25) is 5.91 Å². The van der Waals surface area contributed by atoms with Gasteiger partial charge in [-0.05, 0) is 25.5 Å². The molecule has 1 aromatic heterocycles. The van der Waals surface area contributed by atoms with Crippen LogP contribution in [0.15, 0.2) is 24.4 Å². The lowest BCUT2D eigenvalue weighted by molar-refractivity contribution is -0.130. The molecule has 1 rings (SSSR count). The van der Waals surface area contributed by atoms with Crippen LogP contribution < -0.4 is 10.6 Å². The van der Waals surface area contributed by atoms with Gasteiger partial charge in [-0.25, -0.2) is 9.78 Å². The molecule has 0 unspecified atom stereocenters. The van der Waals surface area contributed by atoms with E-state index in [-0.39, 0.29) is 11.6 Å². The fraction of sp³-hybridized carbons (Fsp3) is 0.429. The highest BCUT2D eigenvalue weighted by Gasteiger charge is 2.16. The van der Waals surface area contributed by atoms with E-state index in [9.17, 15) is 14.4 Å². The number of aromatic nitrogens is 1. The summed E-state index contributed by atoms with van der Waals surface area (Å²) in [5.74, 6) is -1.51. The Morgan fingerprint density at radius 2 is 2.10 bits per heavy atom. The molecule has 0 spiro atoms. The lowest BCUT2D eigenvalue weighted by atomic mass is 10.3. The molecule has 21 heavy (non-hydrogen) atoms. The van der Waals surface area contributed by atoms with Crippen LogP contribution in [0.5, 0.6) is 0 Å². The molecule has 2 N–H and O–H groups in total. The van der Waals surface area contributed by atoms with Gasteiger partial charge in [-0.3, -0.25) is 9.59 Å². The third-order valence-corrected chi connectivity index (χ3v) is 2.53. The van der Waals surface area contributed by atoms with Crippen LogP contribution in [0.25, 0.3) is 0 Å². The minimum absolute atomic E-state index is 0.124. The van der Waals surface area contributed by atoms with E-state index in [1.54, 1.807) is 19.1 Å². The standard InChI is InChI=1S/C14H19N3O4/c1-3-7-16-13(19)10(2)17-12(18)9-21-14(20)11-6-4-5-8-15-11/h4-6,8,10H,3,7,9H2,1-2H3,(H,16,19)(H,17,18)/t10-/m1/s1. The second-order valence-electron chi connectivity index (χ2n) is 4.37. The Bertz CT molecular complexity index is 490. The summed E-state index contributed by atoms with van der Waals surface area (Å²) in [6.07, 6.45) is 2.27. The number of pyridine rings is 1. The summed E-state index contributed by atoms with van der Waals surface area (Å²) in [7, 11) is 0. The molecule has 0 radical (unpaired) electrons. The maximum atomic E-state index is 11.6. The van der Waals surface area contributed by atoms with E-state index >= 15 is 0 Å². The van der Waals surface area contributed by atoms with Crippen LogP contribution in [0, 0.1) is 0 Å². The molecule has 0 bridgehead atoms. The van der Waals surface area contributed by atoms with Gasteiger partial charge < -0.3 is 15.4 Å². The number of amides is 2. The van der Waals surface area contributed by atoms with Crippen molar-refractivity contribution in [3.8, 4) is 0 Å². The SMILES string of the molecule is CCCNC(=O)[C@@H](C)NC(=O)COC(=O)c1ccccn1. The van der Waals surface area contributed by atoms with Gasteiger partial charge >= 0.3 is 5.97 Å². The van der Waals surface area contributed by atoms with E-state index < -0.39 is 24.5 Å². The highest BCUT2D eigenvalue weighted by atomic mass is 16.5. The summed E-state index contributed by atoms with van der Waals surface area (Å²) in [5, 5.41) is 5.10. The van der Waals surface area contributed by atoms with Crippen LogP contribution in [0.4, 0.5) is 0 Å². The summed E-state index contributed by atoms with van der Waals surface area (Å²) >= 11 is 0. The summed E-state index contributed by atoms with van der Waals surface area (Å²) < 4.78 is 4.81. The van der Waals surface area contributed by atoms with E-state index in [0.717, 1.165) is 6.42 Å². The average Bonchev–Trinajstić information content (AvgIpc) is 2.50. The van der Waals surface area contributed by atoms with Crippen molar-refractivity contribution in [2.75, 3.05) is 13.2 Å². The van der Waals surface area contributed by atoms with Crippen molar-refractivity contribution in [2.24, 2.45) is 0 Å². The number of nitrogens with zero attached hydrogens (tertiary/aromatic N) is 1. The van der Waals surface area contributed by atoms with Gasteiger partial charge in [0.15, 0.2) is 6.61 Å². The molecule has 7 heteroatoms. The summed E-state index contributed by atoms with van der Waals surface area (Å²) in [6, 6.07) is 4.11. The molecule has 0 saturated heterocycles. The molecular formula is C14H19N3O4. The van der Waals surface area contributed by atoms with E-state index in [1.807, 2.05) is 6.92 Å². The van der Waals surface area contributed by atoms with Crippen LogP contribution in [0.2, 0.25) is 0 Å². The second kappa shape index (κ2) is 8.68. The molecule has 0 aliphatic carbocycles. The van der Waals surface area contributed by atoms with Crippen LogP contribution in [-0.4, -0.2) is 42.0 Å². The van der Waals surface area contributed by atoms with Crippen LogP contribution >= 0.6 is 0 Å². The first-order chi connectivity index (χ1) is 10.0. The van der Waals surface area contributed by atoms with Crippen molar-refractivity contribution < 1.29 is 19.1 Å². The van der Waals surface area contributed by atoms with Gasteiger partial charge in [0.05, 0.1) is 0 Å². The molecule has 2 amide bonds. The van der Waals surface area contributed by atoms with Crippen LogP contribution in [-0.2, 0) is 14.3 Å². The first-order valence-electron chi connectivity index (χ1n) is 6.69. The molecule has 0 fully saturated rings. The van der Waals surface area contributed by atoms with Crippen LogP contribution in [0.3, 0.4) is 0 Å². The zero-order valence-corrected chi connectivity index (χ0v) is 12.1. The normalized spacial score (nSPS) is 11.3. The maximum Gasteiger partial charge on any atom is 0.357 e. The Labute approximate surface area is 123 Å². The van der Waals surface area contributed by atoms with Gasteiger partial charge in [0.25, 0.3) is 5.91 Å². The van der Waals surface area contributed by atoms with E-state index in [1.165, 1.54) is 12.3 Å². The van der Waals surface area contributed by atoms with E-state index in [0.29, 0.717) is 6.54 Å². The van der Waals surface area contributed by atoms with Crippen molar-refractivity contribution in [3.63, 3.8) is 0 Å². The molecule has 114 valence electrons. The minimum atomic E-state index is -0.686. The molecule has 0 saturated carbocycles. The minimum Gasteiger partial charge on any atom is -0.451 e. The average molecular weight is 293 g/mol. The monoisotopic (exact) mass is 293 g/mol. The largest absolute Gasteiger partial charge is 0.451 e. The number of hydrogen-bond acceptors (Lipinski definition) is 5. The van der Waals surface area contributed by atoms with Crippen molar-refractivity contribution >= 4 is 17.8 Å². The number of rotatable bonds is 7. The number of carbonyl (C=O) groups is 3. The highest BCUT2D eigenvalue weighted by molar-refractivity contribution is 5.91. The van der Waals surface area contributed by atoms with Gasteiger partial charge in [-0.2, -0.15) is 0 Å². The predicted molar refractivity (Wildman–Crippen MR) is 75.4 cm³/mol. The molecule has 7 nitrogen and oxygen atoms in total. The van der Waals surface area contributed by atoms with Crippen molar-refractivity contribution in [2.45, 2.75) is 26.3 Å². The summed E-state index contributed by atoms with van der Waals surface area (Å²) in [6.45, 7) is 3.58. The second-order valence-corrected chi connectivity index (χ2v) is 4.37. The van der Waals surface area contributed by atoms with Crippen LogP contribution in [0.1, 0.15) is 30.8 Å². The molecule has 0 aromatic carbocycles. The third-order valence-electron chi connectivity index (χ3n) is 2.53. The van der Waals surface area contributed by atoms with Gasteiger partial charge in [0.1, 0.15) is 11.7 Å². The molecular weight excluding hydrogens is 274 g/mol. The first kappa shape index (κ1) is 16.6. The Hall–Kier alpha value is -2.44. The van der Waals surface area contributed by atoms with Crippen molar-refractivity contribution in [1.82, 2.24) is 15.6 Å². The Morgan fingerprint density at radius 3 is 2.71 bits per heavy atom. The lowest BCUT2D eigenvalue weighted by Gasteiger charge is -2.13. The molecule has 0 aliphatic rings. The summed E-state index contributed by atoms with van der Waals surface area (Å²) in [5.41, 5.74) is 0.124. The third kappa shape index (κ3) is 6.03. The highest BCUT2D eigenvalue weighted by Crippen LogP contribution is 1.96. The quantitative estimate of drug-likeness (QED) is 0.703. The Kier molecular flexibility index (Phi) is 6.86. The number of esters is 1. The zero-order chi connectivity index (χ0) is 15.7. The van der Waals surface area contributed by atoms with Gasteiger partial charge in [-0.15, -0.1) is 0 Å². The lowest BCUT2D eigenvalue weighted by Crippen LogP contribution is -2.46. The van der Waals surface area contributed by atoms with E-state index in [4.69, 9.17) is 4.74 Å². The van der Waals surface area contributed by atoms with Gasteiger partial charge in [-0.1, -0.05) is 13.0 Å². The van der Waals surface area contributed by atoms with E-state index in [2.05, 4.69) is 15.6 Å². The predicted octanol–water partition coefficient (Wildman–Crippen LogP) is 0.269. The maximum absolute atomic E-state index is 11.6. The Morgan fingerprint density at radius 1 is 1.33 bits per heavy atom.